The van der Waals surface area contributed by atoms with Gasteiger partial charge in [0.2, 0.25) is 5.95 Å². The Morgan fingerprint density at radius 3 is 2.64 bits per heavy atom. The van der Waals surface area contributed by atoms with E-state index in [1.807, 2.05) is 0 Å². The van der Waals surface area contributed by atoms with E-state index < -0.39 is 24.7 Å². The van der Waals surface area contributed by atoms with Gasteiger partial charge in [0.25, 0.3) is 6.43 Å². The van der Waals surface area contributed by atoms with Crippen LogP contribution in [0.5, 0.6) is 5.75 Å². The molecule has 0 saturated heterocycles. The summed E-state index contributed by atoms with van der Waals surface area (Å²) in [6.07, 6.45) is -2.94. The zero-order chi connectivity index (χ0) is 10.7. The van der Waals surface area contributed by atoms with Crippen molar-refractivity contribution in [1.29, 1.82) is 0 Å². The zero-order valence-corrected chi connectivity index (χ0v) is 7.30. The van der Waals surface area contributed by atoms with Crippen LogP contribution in [0.3, 0.4) is 0 Å². The van der Waals surface area contributed by atoms with Gasteiger partial charge in [-0.05, 0) is 0 Å². The minimum absolute atomic E-state index is 0.129. The predicted octanol–water partition coefficient (Wildman–Crippen LogP) is 1.66. The number of halogens is 3. The van der Waals surface area contributed by atoms with Crippen LogP contribution in [0.15, 0.2) is 6.07 Å². The number of aliphatic hydroxyl groups excluding tert-OH is 1. The highest BCUT2D eigenvalue weighted by atomic mass is 19.3. The van der Waals surface area contributed by atoms with Gasteiger partial charge in [-0.1, -0.05) is 0 Å². The fourth-order valence-corrected chi connectivity index (χ4v) is 1.06. The molecular weight excluding hydrogens is 199 g/mol. The first-order chi connectivity index (χ1) is 6.60. The molecule has 14 heavy (non-hydrogen) atoms. The van der Waals surface area contributed by atoms with Gasteiger partial charge in [-0.2, -0.15) is 4.39 Å². The Morgan fingerprint density at radius 1 is 1.57 bits per heavy atom. The highest BCUT2D eigenvalue weighted by Gasteiger charge is 2.19. The second-order valence-electron chi connectivity index (χ2n) is 2.47. The molecule has 1 N–H and O–H groups in total. The average molecular weight is 207 g/mol. The molecule has 0 atom stereocenters. The Bertz CT molecular complexity index is 331. The molecule has 0 radical (unpaired) electrons. The molecule has 1 rings (SSSR count). The first-order valence-corrected chi connectivity index (χ1v) is 3.72. The van der Waals surface area contributed by atoms with Crippen LogP contribution in [0.25, 0.3) is 0 Å². The van der Waals surface area contributed by atoms with E-state index in [2.05, 4.69) is 9.72 Å². The number of methoxy groups -OCH3 is 1. The maximum absolute atomic E-state index is 12.7. The third-order valence-electron chi connectivity index (χ3n) is 1.67. The molecule has 78 valence electrons. The van der Waals surface area contributed by atoms with Crippen molar-refractivity contribution in [3.05, 3.63) is 23.3 Å². The SMILES string of the molecule is COc1cc(F)nc(C(F)F)c1CO. The number of alkyl halides is 2. The van der Waals surface area contributed by atoms with Crippen LogP contribution in [0.4, 0.5) is 13.2 Å². The van der Waals surface area contributed by atoms with Crippen LogP contribution >= 0.6 is 0 Å². The van der Waals surface area contributed by atoms with Crippen LogP contribution in [-0.2, 0) is 6.61 Å². The molecule has 0 aliphatic rings. The third kappa shape index (κ3) is 1.95. The molecule has 6 heteroatoms. The van der Waals surface area contributed by atoms with Crippen molar-refractivity contribution in [2.75, 3.05) is 7.11 Å². The molecule has 0 bridgehead atoms. The fraction of sp³-hybridized carbons (Fsp3) is 0.375. The largest absolute Gasteiger partial charge is 0.496 e. The van der Waals surface area contributed by atoms with Crippen LogP contribution in [0.1, 0.15) is 17.7 Å². The highest BCUT2D eigenvalue weighted by Crippen LogP contribution is 2.28. The molecule has 1 heterocycles. The first kappa shape index (κ1) is 10.8. The number of ether oxygens (including phenoxy) is 1. The number of hydrogen-bond acceptors (Lipinski definition) is 3. The summed E-state index contributed by atoms with van der Waals surface area (Å²) in [5.74, 6) is -1.19. The lowest BCUT2D eigenvalue weighted by Gasteiger charge is -2.10. The number of pyridine rings is 1. The summed E-state index contributed by atoms with van der Waals surface area (Å²) < 4.78 is 41.9. The first-order valence-electron chi connectivity index (χ1n) is 3.72. The van der Waals surface area contributed by atoms with E-state index in [1.165, 1.54) is 7.11 Å². The normalized spacial score (nSPS) is 10.7. The van der Waals surface area contributed by atoms with Gasteiger partial charge < -0.3 is 9.84 Å². The summed E-state index contributed by atoms with van der Waals surface area (Å²) in [5.41, 5.74) is -0.978. The maximum atomic E-state index is 12.7. The van der Waals surface area contributed by atoms with E-state index in [0.717, 1.165) is 6.07 Å². The van der Waals surface area contributed by atoms with E-state index >= 15 is 0 Å². The Labute approximate surface area is 78.2 Å². The van der Waals surface area contributed by atoms with E-state index in [9.17, 15) is 13.2 Å². The fourth-order valence-electron chi connectivity index (χ4n) is 1.06. The highest BCUT2D eigenvalue weighted by molar-refractivity contribution is 5.36. The third-order valence-corrected chi connectivity index (χ3v) is 1.67. The van der Waals surface area contributed by atoms with Crippen LogP contribution in [0, 0.1) is 5.95 Å². The number of aliphatic hydroxyl groups is 1. The number of rotatable bonds is 3. The molecule has 0 fully saturated rings. The molecule has 0 saturated carbocycles. The molecule has 0 aliphatic heterocycles. The predicted molar refractivity (Wildman–Crippen MR) is 41.6 cm³/mol. The summed E-state index contributed by atoms with van der Waals surface area (Å²) in [4.78, 5) is 3.00. The van der Waals surface area contributed by atoms with E-state index in [1.54, 1.807) is 0 Å². The standard InChI is InChI=1S/C8H8F3NO2/c1-14-5-2-6(9)12-7(8(10)11)4(5)3-13/h2,8,13H,3H2,1H3. The van der Waals surface area contributed by atoms with Crippen molar-refractivity contribution in [3.63, 3.8) is 0 Å². The van der Waals surface area contributed by atoms with E-state index in [0.29, 0.717) is 0 Å². The second kappa shape index (κ2) is 4.28. The van der Waals surface area contributed by atoms with Gasteiger partial charge in [0, 0.05) is 11.6 Å². The Kier molecular flexibility index (Phi) is 3.29. The summed E-state index contributed by atoms with van der Waals surface area (Å²) in [6.45, 7) is -0.671. The summed E-state index contributed by atoms with van der Waals surface area (Å²) in [5, 5.41) is 8.79. The molecule has 1 aromatic heterocycles. The van der Waals surface area contributed by atoms with E-state index in [4.69, 9.17) is 5.11 Å². The topological polar surface area (TPSA) is 42.4 Å². The van der Waals surface area contributed by atoms with Crippen LogP contribution in [-0.4, -0.2) is 17.2 Å². The molecule has 0 spiro atoms. The minimum Gasteiger partial charge on any atom is -0.496 e. The lowest BCUT2D eigenvalue weighted by molar-refractivity contribution is 0.139. The minimum atomic E-state index is -2.94. The molecule has 1 aromatic rings. The Hall–Kier alpha value is -1.30. The molecule has 3 nitrogen and oxygen atoms in total. The van der Waals surface area contributed by atoms with Crippen molar-refractivity contribution in [1.82, 2.24) is 4.98 Å². The number of hydrogen-bond donors (Lipinski definition) is 1. The monoisotopic (exact) mass is 207 g/mol. The van der Waals surface area contributed by atoms with Gasteiger partial charge in [-0.3, -0.25) is 0 Å². The molecule has 0 amide bonds. The van der Waals surface area contributed by atoms with Crippen molar-refractivity contribution in [2.24, 2.45) is 0 Å². The lowest BCUT2D eigenvalue weighted by Crippen LogP contribution is -2.04. The maximum Gasteiger partial charge on any atom is 0.280 e. The van der Waals surface area contributed by atoms with Gasteiger partial charge in [-0.15, -0.1) is 0 Å². The number of aromatic nitrogens is 1. The second-order valence-corrected chi connectivity index (χ2v) is 2.47. The summed E-state index contributed by atoms with van der Waals surface area (Å²) in [6, 6.07) is 0.845. The van der Waals surface area contributed by atoms with Crippen molar-refractivity contribution in [2.45, 2.75) is 13.0 Å². The van der Waals surface area contributed by atoms with Gasteiger partial charge in [0.15, 0.2) is 0 Å². The average Bonchev–Trinajstić information content (AvgIpc) is 2.16. The van der Waals surface area contributed by atoms with E-state index in [-0.39, 0.29) is 11.3 Å². The Balaban J connectivity index is 3.31. The van der Waals surface area contributed by atoms with Gasteiger partial charge in [0.1, 0.15) is 11.4 Å². The Morgan fingerprint density at radius 2 is 2.21 bits per heavy atom. The molecule has 0 unspecified atom stereocenters. The number of nitrogens with zero attached hydrogens (tertiary/aromatic N) is 1. The van der Waals surface area contributed by atoms with Gasteiger partial charge in [-0.25, -0.2) is 13.8 Å². The molecule has 0 aliphatic carbocycles. The summed E-state index contributed by atoms with van der Waals surface area (Å²) >= 11 is 0. The lowest BCUT2D eigenvalue weighted by atomic mass is 10.2. The van der Waals surface area contributed by atoms with Gasteiger partial charge >= 0.3 is 0 Å². The zero-order valence-electron chi connectivity index (χ0n) is 7.30. The van der Waals surface area contributed by atoms with Crippen molar-refractivity contribution >= 4 is 0 Å². The van der Waals surface area contributed by atoms with Crippen molar-refractivity contribution in [3.8, 4) is 5.75 Å². The van der Waals surface area contributed by atoms with Crippen molar-refractivity contribution < 1.29 is 23.0 Å². The van der Waals surface area contributed by atoms with Gasteiger partial charge in [0.05, 0.1) is 13.7 Å². The van der Waals surface area contributed by atoms with Crippen LogP contribution in [0.2, 0.25) is 0 Å². The molecule has 0 aromatic carbocycles. The quantitative estimate of drug-likeness (QED) is 0.766. The summed E-state index contributed by atoms with van der Waals surface area (Å²) in [7, 11) is 1.20. The van der Waals surface area contributed by atoms with Crippen LogP contribution < -0.4 is 4.74 Å². The smallest absolute Gasteiger partial charge is 0.280 e. The molecular formula is C8H8F3NO2.